The second-order valence-electron chi connectivity index (χ2n) is 5.38. The Bertz CT molecular complexity index is 214. The van der Waals surface area contributed by atoms with Crippen LogP contribution in [0.5, 0.6) is 0 Å². The average Bonchev–Trinajstić information content (AvgIpc) is 2.15. The van der Waals surface area contributed by atoms with Crippen LogP contribution in [-0.4, -0.2) is 54.7 Å². The van der Waals surface area contributed by atoms with Gasteiger partial charge in [-0.1, -0.05) is 20.8 Å². The Hall–Kier alpha value is -0.350. The van der Waals surface area contributed by atoms with Crippen molar-refractivity contribution in [3.63, 3.8) is 0 Å². The van der Waals surface area contributed by atoms with E-state index >= 15 is 0 Å². The van der Waals surface area contributed by atoms with E-state index in [-0.39, 0.29) is 0 Å². The van der Waals surface area contributed by atoms with E-state index in [9.17, 15) is 0 Å². The van der Waals surface area contributed by atoms with Crippen molar-refractivity contribution in [2.24, 2.45) is 5.41 Å². The molecule has 0 spiro atoms. The first-order chi connectivity index (χ1) is 6.92. The fraction of sp³-hybridized carbons (Fsp3) is 0.909. The number of rotatable bonds is 1. The minimum absolute atomic E-state index is 0.395. The summed E-state index contributed by atoms with van der Waals surface area (Å²) in [7, 11) is 1.89. The number of piperazine rings is 1. The Morgan fingerprint density at radius 3 is 2.13 bits per heavy atom. The average molecular weight is 229 g/mol. The van der Waals surface area contributed by atoms with Crippen molar-refractivity contribution in [3.05, 3.63) is 0 Å². The monoisotopic (exact) mass is 229 g/mol. The first kappa shape index (κ1) is 12.7. The van der Waals surface area contributed by atoms with Gasteiger partial charge in [0.05, 0.1) is 0 Å². The molecule has 1 N–H and O–H groups in total. The zero-order valence-electron chi connectivity index (χ0n) is 10.3. The third kappa shape index (κ3) is 4.34. The van der Waals surface area contributed by atoms with E-state index in [4.69, 9.17) is 12.2 Å². The van der Waals surface area contributed by atoms with Crippen LogP contribution in [0.15, 0.2) is 0 Å². The summed E-state index contributed by atoms with van der Waals surface area (Å²) in [5.41, 5.74) is 0.395. The van der Waals surface area contributed by atoms with Gasteiger partial charge in [-0.15, -0.1) is 0 Å². The maximum atomic E-state index is 5.22. The van der Waals surface area contributed by atoms with Crippen molar-refractivity contribution in [1.82, 2.24) is 15.1 Å². The summed E-state index contributed by atoms with van der Waals surface area (Å²) in [6.45, 7) is 12.4. The van der Waals surface area contributed by atoms with Crippen molar-refractivity contribution in [1.29, 1.82) is 0 Å². The van der Waals surface area contributed by atoms with Crippen LogP contribution in [-0.2, 0) is 0 Å². The Labute approximate surface area is 98.8 Å². The van der Waals surface area contributed by atoms with Crippen LogP contribution < -0.4 is 5.32 Å². The molecule has 3 nitrogen and oxygen atoms in total. The van der Waals surface area contributed by atoms with Crippen LogP contribution in [0.25, 0.3) is 0 Å². The van der Waals surface area contributed by atoms with E-state index < -0.39 is 0 Å². The molecule has 1 aliphatic rings. The lowest BCUT2D eigenvalue weighted by molar-refractivity contribution is 0.136. The summed E-state index contributed by atoms with van der Waals surface area (Å²) in [4.78, 5) is 4.77. The molecular formula is C11H23N3S. The quantitative estimate of drug-likeness (QED) is 0.680. The van der Waals surface area contributed by atoms with Crippen LogP contribution in [0, 0.1) is 5.41 Å². The van der Waals surface area contributed by atoms with Gasteiger partial charge in [0.2, 0.25) is 0 Å². The van der Waals surface area contributed by atoms with Gasteiger partial charge in [0.1, 0.15) is 0 Å². The van der Waals surface area contributed by atoms with Gasteiger partial charge in [0, 0.05) is 39.8 Å². The van der Waals surface area contributed by atoms with Gasteiger partial charge in [-0.25, -0.2) is 0 Å². The molecule has 0 atom stereocenters. The molecule has 1 saturated heterocycles. The normalized spacial score (nSPS) is 19.1. The Balaban J connectivity index is 2.33. The molecule has 4 heteroatoms. The van der Waals surface area contributed by atoms with E-state index in [1.165, 1.54) is 6.54 Å². The first-order valence-corrected chi connectivity index (χ1v) is 6.02. The fourth-order valence-electron chi connectivity index (χ4n) is 1.94. The Morgan fingerprint density at radius 1 is 1.20 bits per heavy atom. The molecule has 15 heavy (non-hydrogen) atoms. The van der Waals surface area contributed by atoms with Gasteiger partial charge in [-0.3, -0.25) is 4.90 Å². The van der Waals surface area contributed by atoms with Gasteiger partial charge in [-0.2, -0.15) is 0 Å². The summed E-state index contributed by atoms with van der Waals surface area (Å²) >= 11 is 5.22. The molecule has 88 valence electrons. The van der Waals surface area contributed by atoms with Crippen molar-refractivity contribution in [2.45, 2.75) is 20.8 Å². The molecule has 0 aromatic heterocycles. The summed E-state index contributed by atoms with van der Waals surface area (Å²) in [5.74, 6) is 0. The van der Waals surface area contributed by atoms with Crippen LogP contribution in [0.4, 0.5) is 0 Å². The van der Waals surface area contributed by atoms with Crippen molar-refractivity contribution in [3.8, 4) is 0 Å². The molecule has 1 heterocycles. The largest absolute Gasteiger partial charge is 0.366 e. The molecule has 0 unspecified atom stereocenters. The first-order valence-electron chi connectivity index (χ1n) is 5.61. The standard InChI is InChI=1S/C11H23N3S/c1-11(2,3)9-13-5-7-14(8-6-13)10(15)12-4/h5-9H2,1-4H3,(H,12,15). The molecule has 0 saturated carbocycles. The highest BCUT2D eigenvalue weighted by molar-refractivity contribution is 7.80. The Kier molecular flexibility index (Phi) is 4.34. The van der Waals surface area contributed by atoms with Crippen molar-refractivity contribution >= 4 is 17.3 Å². The minimum Gasteiger partial charge on any atom is -0.366 e. The summed E-state index contributed by atoms with van der Waals surface area (Å²) in [6, 6.07) is 0. The highest BCUT2D eigenvalue weighted by Gasteiger charge is 2.22. The topological polar surface area (TPSA) is 18.5 Å². The zero-order chi connectivity index (χ0) is 11.5. The van der Waals surface area contributed by atoms with Crippen LogP contribution in [0.3, 0.4) is 0 Å². The lowest BCUT2D eigenvalue weighted by Gasteiger charge is -2.38. The molecule has 1 aliphatic heterocycles. The molecule has 0 aromatic rings. The number of hydrogen-bond acceptors (Lipinski definition) is 2. The summed E-state index contributed by atoms with van der Waals surface area (Å²) in [5, 5.41) is 3.92. The number of nitrogens with one attached hydrogen (secondary N) is 1. The number of hydrogen-bond donors (Lipinski definition) is 1. The molecule has 1 fully saturated rings. The summed E-state index contributed by atoms with van der Waals surface area (Å²) in [6.07, 6.45) is 0. The SMILES string of the molecule is CNC(=S)N1CCN(CC(C)(C)C)CC1. The van der Waals surface area contributed by atoms with Crippen molar-refractivity contribution in [2.75, 3.05) is 39.8 Å². The fourth-order valence-corrected chi connectivity index (χ4v) is 2.12. The van der Waals surface area contributed by atoms with E-state index in [0.717, 1.165) is 31.3 Å². The van der Waals surface area contributed by atoms with E-state index in [1.54, 1.807) is 0 Å². The van der Waals surface area contributed by atoms with E-state index in [2.05, 4.69) is 35.9 Å². The van der Waals surface area contributed by atoms with Crippen LogP contribution >= 0.6 is 12.2 Å². The maximum absolute atomic E-state index is 5.22. The highest BCUT2D eigenvalue weighted by Crippen LogP contribution is 2.16. The molecule has 0 amide bonds. The third-order valence-electron chi connectivity index (χ3n) is 2.57. The van der Waals surface area contributed by atoms with Gasteiger partial charge < -0.3 is 10.2 Å². The Morgan fingerprint density at radius 2 is 1.73 bits per heavy atom. The van der Waals surface area contributed by atoms with E-state index in [0.29, 0.717) is 5.41 Å². The molecule has 0 aliphatic carbocycles. The predicted octanol–water partition coefficient (Wildman–Crippen LogP) is 1.15. The van der Waals surface area contributed by atoms with Crippen molar-refractivity contribution < 1.29 is 0 Å². The second kappa shape index (κ2) is 5.12. The molecule has 1 rings (SSSR count). The second-order valence-corrected chi connectivity index (χ2v) is 5.77. The van der Waals surface area contributed by atoms with Crippen LogP contribution in [0.1, 0.15) is 20.8 Å². The molecular weight excluding hydrogens is 206 g/mol. The number of thiocarbonyl (C=S) groups is 1. The molecule has 0 aromatic carbocycles. The molecule has 0 bridgehead atoms. The maximum Gasteiger partial charge on any atom is 0.168 e. The predicted molar refractivity (Wildman–Crippen MR) is 69.1 cm³/mol. The van der Waals surface area contributed by atoms with Gasteiger partial charge in [0.15, 0.2) is 5.11 Å². The molecule has 0 radical (unpaired) electrons. The zero-order valence-corrected chi connectivity index (χ0v) is 11.2. The van der Waals surface area contributed by atoms with E-state index in [1.807, 2.05) is 7.05 Å². The smallest absolute Gasteiger partial charge is 0.168 e. The van der Waals surface area contributed by atoms with Crippen LogP contribution in [0.2, 0.25) is 0 Å². The third-order valence-corrected chi connectivity index (χ3v) is 3.03. The summed E-state index contributed by atoms with van der Waals surface area (Å²) < 4.78 is 0. The van der Waals surface area contributed by atoms with Gasteiger partial charge in [-0.05, 0) is 17.6 Å². The van der Waals surface area contributed by atoms with Gasteiger partial charge >= 0.3 is 0 Å². The lowest BCUT2D eigenvalue weighted by atomic mass is 9.96. The minimum atomic E-state index is 0.395. The highest BCUT2D eigenvalue weighted by atomic mass is 32.1. The number of nitrogens with zero attached hydrogens (tertiary/aromatic N) is 2. The lowest BCUT2D eigenvalue weighted by Crippen LogP contribution is -2.52. The van der Waals surface area contributed by atoms with Gasteiger partial charge in [0.25, 0.3) is 0 Å².